The molecule has 0 saturated heterocycles. The zero-order chi connectivity index (χ0) is 21.3. The molecule has 8 heteroatoms. The van der Waals surface area contributed by atoms with Crippen LogP contribution in [0.4, 0.5) is 5.69 Å². The molecule has 1 aliphatic heterocycles. The maximum absolute atomic E-state index is 13.2. The summed E-state index contributed by atoms with van der Waals surface area (Å²) in [5, 5.41) is 19.5. The molecule has 0 bridgehead atoms. The van der Waals surface area contributed by atoms with Crippen molar-refractivity contribution in [3.8, 4) is 0 Å². The molecular formula is C22H20N4O4. The third-order valence-electron chi connectivity index (χ3n) is 5.10. The van der Waals surface area contributed by atoms with Crippen LogP contribution in [0, 0.1) is 0 Å². The number of anilines is 1. The van der Waals surface area contributed by atoms with Gasteiger partial charge in [0.25, 0.3) is 5.91 Å². The lowest BCUT2D eigenvalue weighted by molar-refractivity contribution is -0.144. The first-order chi connectivity index (χ1) is 14.4. The summed E-state index contributed by atoms with van der Waals surface area (Å²) in [6.07, 6.45) is 1.75. The zero-order valence-electron chi connectivity index (χ0n) is 16.4. The second kappa shape index (κ2) is 7.57. The van der Waals surface area contributed by atoms with E-state index in [0.29, 0.717) is 17.9 Å². The molecule has 0 saturated carbocycles. The molecule has 4 rings (SSSR count). The van der Waals surface area contributed by atoms with Crippen LogP contribution >= 0.6 is 0 Å². The normalized spacial score (nSPS) is 17.7. The fourth-order valence-electron chi connectivity index (χ4n) is 3.58. The summed E-state index contributed by atoms with van der Waals surface area (Å²) >= 11 is 0. The number of methoxy groups -OCH3 is 1. The average Bonchev–Trinajstić information content (AvgIpc) is 3.30. The van der Waals surface area contributed by atoms with Crippen LogP contribution in [0.15, 0.2) is 72.9 Å². The van der Waals surface area contributed by atoms with E-state index in [4.69, 9.17) is 0 Å². The topological polar surface area (TPSA) is 97.6 Å². The van der Waals surface area contributed by atoms with E-state index >= 15 is 0 Å². The van der Waals surface area contributed by atoms with E-state index in [1.165, 1.54) is 12.0 Å². The van der Waals surface area contributed by atoms with Gasteiger partial charge in [0, 0.05) is 5.56 Å². The average molecular weight is 404 g/mol. The molecule has 1 amide bonds. The van der Waals surface area contributed by atoms with Crippen molar-refractivity contribution in [2.75, 3.05) is 12.0 Å². The monoisotopic (exact) mass is 404 g/mol. The van der Waals surface area contributed by atoms with Crippen molar-refractivity contribution in [1.29, 1.82) is 0 Å². The minimum Gasteiger partial charge on any atom is -0.466 e. The van der Waals surface area contributed by atoms with Gasteiger partial charge in [-0.15, -0.1) is 5.10 Å². The number of carbonyl (C=O) groups is 2. The van der Waals surface area contributed by atoms with E-state index in [9.17, 15) is 14.7 Å². The van der Waals surface area contributed by atoms with Gasteiger partial charge in [-0.05, 0) is 11.6 Å². The highest BCUT2D eigenvalue weighted by Gasteiger charge is 2.54. The van der Waals surface area contributed by atoms with E-state index in [2.05, 4.69) is 21.6 Å². The lowest BCUT2D eigenvalue weighted by Crippen LogP contribution is -2.43. The molecule has 1 aliphatic rings. The Hall–Kier alpha value is -3.78. The summed E-state index contributed by atoms with van der Waals surface area (Å²) in [5.74, 6) is -1.53. The number of hydrogen-bond donors (Lipinski definition) is 1. The number of carbonyl (C=O) groups excluding carboxylic acids is 2. The van der Waals surface area contributed by atoms with Gasteiger partial charge in [0.15, 0.2) is 0 Å². The first-order valence-corrected chi connectivity index (χ1v) is 9.29. The molecule has 1 atom stereocenters. The van der Waals surface area contributed by atoms with Crippen LogP contribution in [0.3, 0.4) is 0 Å². The SMILES string of the molecule is C=C(C(=O)OC)C1(O)C(=O)N(Cc2cn(Cc3ccccc3)nn2)c2ccccc21. The van der Waals surface area contributed by atoms with Crippen molar-refractivity contribution < 1.29 is 19.4 Å². The Balaban J connectivity index is 1.62. The molecule has 1 N–H and O–H groups in total. The largest absolute Gasteiger partial charge is 0.466 e. The minimum absolute atomic E-state index is 0.0847. The van der Waals surface area contributed by atoms with Crippen molar-refractivity contribution in [1.82, 2.24) is 15.0 Å². The van der Waals surface area contributed by atoms with E-state index < -0.39 is 17.5 Å². The summed E-state index contributed by atoms with van der Waals surface area (Å²) < 4.78 is 6.35. The summed E-state index contributed by atoms with van der Waals surface area (Å²) in [5.41, 5.74) is -0.154. The van der Waals surface area contributed by atoms with Crippen molar-refractivity contribution in [2.45, 2.75) is 18.7 Å². The number of benzene rings is 2. The maximum Gasteiger partial charge on any atom is 0.336 e. The molecule has 0 spiro atoms. The Labute approximate surface area is 173 Å². The smallest absolute Gasteiger partial charge is 0.336 e. The Kier molecular flexibility index (Phi) is 4.93. The number of fused-ring (bicyclic) bond motifs is 1. The predicted molar refractivity (Wildman–Crippen MR) is 108 cm³/mol. The van der Waals surface area contributed by atoms with Gasteiger partial charge in [-0.25, -0.2) is 9.48 Å². The van der Waals surface area contributed by atoms with Crippen LogP contribution in [-0.2, 0) is 33.0 Å². The van der Waals surface area contributed by atoms with Crippen LogP contribution in [-0.4, -0.2) is 39.1 Å². The fourth-order valence-corrected chi connectivity index (χ4v) is 3.58. The van der Waals surface area contributed by atoms with Crippen molar-refractivity contribution in [3.05, 3.63) is 89.8 Å². The molecule has 30 heavy (non-hydrogen) atoms. The van der Waals surface area contributed by atoms with Crippen LogP contribution in [0.5, 0.6) is 0 Å². The highest BCUT2D eigenvalue weighted by molar-refractivity contribution is 6.13. The van der Waals surface area contributed by atoms with Crippen LogP contribution in [0.2, 0.25) is 0 Å². The molecule has 1 unspecified atom stereocenters. The third-order valence-corrected chi connectivity index (χ3v) is 5.10. The summed E-state index contributed by atoms with van der Waals surface area (Å²) in [4.78, 5) is 26.6. The lowest BCUT2D eigenvalue weighted by Gasteiger charge is -2.23. The van der Waals surface area contributed by atoms with Crippen LogP contribution in [0.25, 0.3) is 0 Å². The second-order valence-electron chi connectivity index (χ2n) is 6.98. The van der Waals surface area contributed by atoms with E-state index in [1.807, 2.05) is 30.3 Å². The molecule has 152 valence electrons. The van der Waals surface area contributed by atoms with Gasteiger partial charge in [-0.2, -0.15) is 0 Å². The Morgan fingerprint density at radius 1 is 1.13 bits per heavy atom. The molecule has 1 aromatic heterocycles. The van der Waals surface area contributed by atoms with E-state index in [-0.39, 0.29) is 17.7 Å². The number of aliphatic hydroxyl groups is 1. The van der Waals surface area contributed by atoms with Gasteiger partial charge in [-0.1, -0.05) is 60.3 Å². The number of ether oxygens (including phenoxy) is 1. The van der Waals surface area contributed by atoms with Crippen molar-refractivity contribution in [3.63, 3.8) is 0 Å². The van der Waals surface area contributed by atoms with Crippen LogP contribution in [0.1, 0.15) is 16.8 Å². The first-order valence-electron chi connectivity index (χ1n) is 9.29. The van der Waals surface area contributed by atoms with Gasteiger partial charge >= 0.3 is 5.97 Å². The quantitative estimate of drug-likeness (QED) is 0.497. The summed E-state index contributed by atoms with van der Waals surface area (Å²) in [6, 6.07) is 16.5. The molecule has 0 aliphatic carbocycles. The minimum atomic E-state index is -2.19. The molecule has 0 radical (unpaired) electrons. The van der Waals surface area contributed by atoms with Crippen LogP contribution < -0.4 is 4.90 Å². The van der Waals surface area contributed by atoms with Gasteiger partial charge in [0.2, 0.25) is 5.60 Å². The van der Waals surface area contributed by atoms with Gasteiger partial charge in [0.05, 0.1) is 37.7 Å². The molecule has 0 fully saturated rings. The van der Waals surface area contributed by atoms with Gasteiger partial charge < -0.3 is 14.7 Å². The van der Waals surface area contributed by atoms with E-state index in [0.717, 1.165) is 5.56 Å². The molecule has 3 aromatic rings. The number of hydrogen-bond acceptors (Lipinski definition) is 6. The number of esters is 1. The Morgan fingerprint density at radius 2 is 1.83 bits per heavy atom. The Morgan fingerprint density at radius 3 is 2.57 bits per heavy atom. The summed E-state index contributed by atoms with van der Waals surface area (Å²) in [7, 11) is 1.17. The fraction of sp³-hybridized carbons (Fsp3) is 0.182. The predicted octanol–water partition coefficient (Wildman–Crippen LogP) is 1.79. The standard InChI is InChI=1S/C22H20N4O4/c1-15(20(27)30-2)22(29)18-10-6-7-11-19(18)26(21(22)28)14-17-13-25(24-23-17)12-16-8-4-3-5-9-16/h3-11,13,29H,1,12,14H2,2H3. The highest BCUT2D eigenvalue weighted by atomic mass is 16.5. The highest BCUT2D eigenvalue weighted by Crippen LogP contribution is 2.44. The van der Waals surface area contributed by atoms with Crippen molar-refractivity contribution >= 4 is 17.6 Å². The van der Waals surface area contributed by atoms with Gasteiger partial charge in [-0.3, -0.25) is 4.79 Å². The first kappa shape index (κ1) is 19.5. The second-order valence-corrected chi connectivity index (χ2v) is 6.98. The summed E-state index contributed by atoms with van der Waals surface area (Å²) in [6.45, 7) is 4.24. The number of amides is 1. The third kappa shape index (κ3) is 3.17. The Bertz CT molecular complexity index is 1120. The van der Waals surface area contributed by atoms with Crippen molar-refractivity contribution in [2.24, 2.45) is 0 Å². The number of para-hydroxylation sites is 1. The molecular weight excluding hydrogens is 384 g/mol. The number of rotatable bonds is 6. The molecule has 2 heterocycles. The number of nitrogens with zero attached hydrogens (tertiary/aromatic N) is 4. The van der Waals surface area contributed by atoms with Gasteiger partial charge in [0.1, 0.15) is 5.69 Å². The molecule has 8 nitrogen and oxygen atoms in total. The maximum atomic E-state index is 13.2. The molecule has 2 aromatic carbocycles. The number of aromatic nitrogens is 3. The van der Waals surface area contributed by atoms with E-state index in [1.54, 1.807) is 35.1 Å². The zero-order valence-corrected chi connectivity index (χ0v) is 16.4. The lowest BCUT2D eigenvalue weighted by atomic mass is 9.88.